The summed E-state index contributed by atoms with van der Waals surface area (Å²) in [4.78, 5) is 3.23. The molecule has 0 radical (unpaired) electrons. The lowest BCUT2D eigenvalue weighted by Gasteiger charge is -1.97. The van der Waals surface area contributed by atoms with Gasteiger partial charge >= 0.3 is 0 Å². The van der Waals surface area contributed by atoms with Gasteiger partial charge in [-0.15, -0.1) is 0 Å². The molecule has 2 nitrogen and oxygen atoms in total. The number of aromatic hydroxyl groups is 1. The van der Waals surface area contributed by atoms with Gasteiger partial charge in [0.1, 0.15) is 5.75 Å². The van der Waals surface area contributed by atoms with Crippen LogP contribution in [-0.2, 0) is 0 Å². The maximum Gasteiger partial charge on any atom is 0.139 e. The second kappa shape index (κ2) is 3.25. The van der Waals surface area contributed by atoms with Crippen molar-refractivity contribution < 1.29 is 5.11 Å². The molecule has 0 saturated carbocycles. The number of nitrogens with one attached hydrogen (secondary N) is 1. The van der Waals surface area contributed by atoms with Gasteiger partial charge < -0.3 is 10.1 Å². The molecule has 0 aliphatic rings. The lowest BCUT2D eigenvalue weighted by Crippen LogP contribution is -1.74. The molecule has 0 unspecified atom stereocenters. The van der Waals surface area contributed by atoms with Crippen LogP contribution in [0.1, 0.15) is 5.56 Å². The zero-order valence-electron chi connectivity index (χ0n) is 8.71. The molecule has 1 heterocycles. The Kier molecular flexibility index (Phi) is 1.98. The summed E-state index contributed by atoms with van der Waals surface area (Å²) < 4.78 is 1.04. The van der Waals surface area contributed by atoms with Crippen molar-refractivity contribution in [2.24, 2.45) is 0 Å². The molecule has 0 fully saturated rings. The third kappa shape index (κ3) is 1.32. The Morgan fingerprint density at radius 2 is 1.94 bits per heavy atom. The minimum Gasteiger partial charge on any atom is -0.506 e. The van der Waals surface area contributed by atoms with Crippen LogP contribution < -0.4 is 0 Å². The molecule has 16 heavy (non-hydrogen) atoms. The van der Waals surface area contributed by atoms with E-state index >= 15 is 0 Å². The fourth-order valence-electron chi connectivity index (χ4n) is 2.09. The number of hydrogen-bond donors (Lipinski definition) is 2. The molecule has 0 aliphatic heterocycles. The van der Waals surface area contributed by atoms with Crippen LogP contribution >= 0.6 is 15.9 Å². The van der Waals surface area contributed by atoms with Crippen molar-refractivity contribution in [1.29, 1.82) is 0 Å². The van der Waals surface area contributed by atoms with E-state index in [0.717, 1.165) is 31.8 Å². The third-order valence-corrected chi connectivity index (χ3v) is 3.29. The number of phenols is 1. The van der Waals surface area contributed by atoms with Crippen LogP contribution in [0.4, 0.5) is 0 Å². The third-order valence-electron chi connectivity index (χ3n) is 2.79. The molecular weight excluding hydrogens is 266 g/mol. The van der Waals surface area contributed by atoms with E-state index in [1.807, 2.05) is 19.1 Å². The molecule has 0 bridgehead atoms. The van der Waals surface area contributed by atoms with Gasteiger partial charge in [-0.25, -0.2) is 0 Å². The highest BCUT2D eigenvalue weighted by atomic mass is 79.9. The summed E-state index contributed by atoms with van der Waals surface area (Å²) in [5.74, 6) is 0.308. The highest BCUT2D eigenvalue weighted by Crippen LogP contribution is 2.33. The lowest BCUT2D eigenvalue weighted by atomic mass is 10.1. The molecule has 0 spiro atoms. The molecule has 1 aromatic heterocycles. The van der Waals surface area contributed by atoms with E-state index in [9.17, 15) is 5.11 Å². The Balaban J connectivity index is 2.57. The predicted octanol–water partition coefficient (Wildman–Crippen LogP) is 4.10. The van der Waals surface area contributed by atoms with E-state index in [1.54, 1.807) is 6.07 Å². The van der Waals surface area contributed by atoms with Gasteiger partial charge in [-0.05, 0) is 42.8 Å². The van der Waals surface area contributed by atoms with Gasteiger partial charge in [0.05, 0.1) is 5.52 Å². The van der Waals surface area contributed by atoms with Crippen LogP contribution in [0.25, 0.3) is 21.8 Å². The summed E-state index contributed by atoms with van der Waals surface area (Å²) in [6.45, 7) is 1.98. The van der Waals surface area contributed by atoms with Crippen molar-refractivity contribution in [3.05, 3.63) is 40.4 Å². The van der Waals surface area contributed by atoms with Gasteiger partial charge in [0, 0.05) is 20.8 Å². The van der Waals surface area contributed by atoms with Crippen molar-refractivity contribution in [3.8, 4) is 5.75 Å². The maximum absolute atomic E-state index is 9.88. The first-order chi connectivity index (χ1) is 7.65. The van der Waals surface area contributed by atoms with Gasteiger partial charge in [-0.2, -0.15) is 0 Å². The van der Waals surface area contributed by atoms with Crippen molar-refractivity contribution in [2.75, 3.05) is 0 Å². The Morgan fingerprint density at radius 3 is 2.75 bits per heavy atom. The first-order valence-electron chi connectivity index (χ1n) is 5.06. The molecule has 2 N–H and O–H groups in total. The molecule has 0 atom stereocenters. The molecular formula is C13H10BrNO. The number of H-pyrrole nitrogens is 1. The SMILES string of the molecule is Cc1cc(O)c2[nH]c3ccc(Br)cc3c2c1. The number of aromatic nitrogens is 1. The maximum atomic E-state index is 9.88. The topological polar surface area (TPSA) is 36.0 Å². The zero-order valence-corrected chi connectivity index (χ0v) is 10.3. The number of aryl methyl sites for hydroxylation is 1. The van der Waals surface area contributed by atoms with E-state index in [2.05, 4.69) is 33.0 Å². The summed E-state index contributed by atoms with van der Waals surface area (Å²) >= 11 is 3.46. The fourth-order valence-corrected chi connectivity index (χ4v) is 2.46. The fraction of sp³-hybridized carbons (Fsp3) is 0.0769. The summed E-state index contributed by atoms with van der Waals surface area (Å²) in [5, 5.41) is 12.1. The van der Waals surface area contributed by atoms with Crippen LogP contribution in [0.5, 0.6) is 5.75 Å². The standard InChI is InChI=1S/C13H10BrNO/c1-7-4-10-9-6-8(14)2-3-11(9)15-13(10)12(16)5-7/h2-6,15-16H,1H3. The summed E-state index contributed by atoms with van der Waals surface area (Å²) in [6, 6.07) is 9.91. The molecule has 0 aliphatic carbocycles. The number of hydrogen-bond acceptors (Lipinski definition) is 1. The molecule has 3 rings (SSSR count). The van der Waals surface area contributed by atoms with Crippen LogP contribution in [0.3, 0.4) is 0 Å². The first kappa shape index (κ1) is 9.73. The monoisotopic (exact) mass is 275 g/mol. The average molecular weight is 276 g/mol. The minimum absolute atomic E-state index is 0.308. The second-order valence-electron chi connectivity index (χ2n) is 4.02. The van der Waals surface area contributed by atoms with Crippen molar-refractivity contribution >= 4 is 37.7 Å². The van der Waals surface area contributed by atoms with Crippen LogP contribution in [0.15, 0.2) is 34.8 Å². The Bertz CT molecular complexity index is 700. The number of phenolic OH excluding ortho intramolecular Hbond substituents is 1. The van der Waals surface area contributed by atoms with E-state index in [4.69, 9.17) is 0 Å². The molecule has 3 aromatic rings. The average Bonchev–Trinajstić information content (AvgIpc) is 2.57. The molecule has 0 amide bonds. The first-order valence-corrected chi connectivity index (χ1v) is 5.85. The van der Waals surface area contributed by atoms with Gasteiger partial charge in [-0.1, -0.05) is 15.9 Å². The Hall–Kier alpha value is -1.48. The smallest absolute Gasteiger partial charge is 0.139 e. The number of fused-ring (bicyclic) bond motifs is 3. The zero-order chi connectivity index (χ0) is 11.3. The minimum atomic E-state index is 0.308. The van der Waals surface area contributed by atoms with Crippen LogP contribution in [0, 0.1) is 6.92 Å². The normalized spacial score (nSPS) is 11.4. The largest absolute Gasteiger partial charge is 0.506 e. The van der Waals surface area contributed by atoms with E-state index in [-0.39, 0.29) is 0 Å². The number of rotatable bonds is 0. The summed E-state index contributed by atoms with van der Waals surface area (Å²) in [7, 11) is 0. The number of benzene rings is 2. The molecule has 3 heteroatoms. The van der Waals surface area contributed by atoms with Gasteiger partial charge in [0.15, 0.2) is 0 Å². The van der Waals surface area contributed by atoms with E-state index < -0.39 is 0 Å². The van der Waals surface area contributed by atoms with E-state index in [1.165, 1.54) is 0 Å². The Labute approximate surface area is 101 Å². The van der Waals surface area contributed by atoms with Crippen molar-refractivity contribution in [1.82, 2.24) is 4.98 Å². The van der Waals surface area contributed by atoms with Crippen molar-refractivity contribution in [3.63, 3.8) is 0 Å². The second-order valence-corrected chi connectivity index (χ2v) is 4.94. The van der Waals surface area contributed by atoms with Crippen LogP contribution in [-0.4, -0.2) is 10.1 Å². The molecule has 80 valence electrons. The lowest BCUT2D eigenvalue weighted by molar-refractivity contribution is 0.480. The quantitative estimate of drug-likeness (QED) is 0.637. The van der Waals surface area contributed by atoms with E-state index in [0.29, 0.717) is 5.75 Å². The molecule has 2 aromatic carbocycles. The van der Waals surface area contributed by atoms with Gasteiger partial charge in [0.2, 0.25) is 0 Å². The predicted molar refractivity (Wildman–Crippen MR) is 69.9 cm³/mol. The van der Waals surface area contributed by atoms with Crippen LogP contribution in [0.2, 0.25) is 0 Å². The number of aromatic amines is 1. The Morgan fingerprint density at radius 1 is 1.12 bits per heavy atom. The molecule has 0 saturated heterocycles. The summed E-state index contributed by atoms with van der Waals surface area (Å²) in [6.07, 6.45) is 0. The van der Waals surface area contributed by atoms with Crippen molar-refractivity contribution in [2.45, 2.75) is 6.92 Å². The van der Waals surface area contributed by atoms with Gasteiger partial charge in [-0.3, -0.25) is 0 Å². The summed E-state index contributed by atoms with van der Waals surface area (Å²) in [5.41, 5.74) is 2.91. The van der Waals surface area contributed by atoms with Gasteiger partial charge in [0.25, 0.3) is 0 Å². The number of halogens is 1. The highest BCUT2D eigenvalue weighted by molar-refractivity contribution is 9.10. The highest BCUT2D eigenvalue weighted by Gasteiger charge is 2.08.